The average Bonchev–Trinajstić information content (AvgIpc) is 2.18. The number of rotatable bonds is 2. The summed E-state index contributed by atoms with van der Waals surface area (Å²) in [5, 5.41) is 36.5. The first-order chi connectivity index (χ1) is 7.16. The Morgan fingerprint density at radius 2 is 1.44 bits per heavy atom. The molecule has 7 N–H and O–H groups in total. The van der Waals surface area contributed by atoms with Crippen LogP contribution in [0.5, 0.6) is 0 Å². The maximum absolute atomic E-state index is 11.1. The zero-order valence-corrected chi connectivity index (χ0v) is 8.68. The molecule has 0 bridgehead atoms. The van der Waals surface area contributed by atoms with Crippen LogP contribution in [0, 0.1) is 0 Å². The lowest BCUT2D eigenvalue weighted by atomic mass is 10.00. The van der Waals surface area contributed by atoms with Crippen molar-refractivity contribution in [2.24, 2.45) is 0 Å². The first kappa shape index (κ1) is 13.8. The van der Waals surface area contributed by atoms with Crippen LogP contribution in [0.1, 0.15) is 0 Å². The van der Waals surface area contributed by atoms with Gasteiger partial charge in [-0.25, -0.2) is 4.79 Å². The number of carbonyl (C=O) groups excluding carboxylic acids is 1. The van der Waals surface area contributed by atoms with Crippen LogP contribution in [0.25, 0.3) is 0 Å². The van der Waals surface area contributed by atoms with Crippen molar-refractivity contribution in [2.75, 3.05) is 0 Å². The van der Waals surface area contributed by atoms with E-state index in [4.69, 9.17) is 24.9 Å². The monoisotopic (exact) mass is 259 g/mol. The lowest BCUT2D eigenvalue weighted by Crippen LogP contribution is -2.59. The molecular weight excluding hydrogens is 247 g/mol. The lowest BCUT2D eigenvalue weighted by Gasteiger charge is -2.36. The highest BCUT2D eigenvalue weighted by Crippen LogP contribution is 2.48. The summed E-state index contributed by atoms with van der Waals surface area (Å²) in [5.41, 5.74) is -1.66. The fourth-order valence-electron chi connectivity index (χ4n) is 1.24. The summed E-state index contributed by atoms with van der Waals surface area (Å²) in [7, 11) is -4.91. The number of ether oxygens (including phenoxy) is 1. The second-order valence-electron chi connectivity index (χ2n) is 3.33. The van der Waals surface area contributed by atoms with Gasteiger partial charge in [-0.1, -0.05) is 0 Å². The zero-order valence-electron chi connectivity index (χ0n) is 7.78. The SMILES string of the molecule is O=C(C1OC(O)C(O)C(O)C1O)[P+](O)(O)O. The van der Waals surface area contributed by atoms with Crippen LogP contribution < -0.4 is 0 Å². The molecule has 5 unspecified atom stereocenters. The highest BCUT2D eigenvalue weighted by Gasteiger charge is 2.56. The number of hydrogen-bond acceptors (Lipinski definition) is 9. The van der Waals surface area contributed by atoms with Crippen LogP contribution in [0.3, 0.4) is 0 Å². The first-order valence-corrected chi connectivity index (χ1v) is 5.80. The summed E-state index contributed by atoms with van der Waals surface area (Å²) in [4.78, 5) is 37.1. The molecule has 0 radical (unpaired) electrons. The Balaban J connectivity index is 2.86. The van der Waals surface area contributed by atoms with Crippen molar-refractivity contribution in [1.29, 1.82) is 0 Å². The summed E-state index contributed by atoms with van der Waals surface area (Å²) >= 11 is 0. The highest BCUT2D eigenvalue weighted by atomic mass is 31.2. The smallest absolute Gasteiger partial charge is 0.387 e. The van der Waals surface area contributed by atoms with Gasteiger partial charge in [-0.3, -0.25) is 0 Å². The Hall–Kier alpha value is -0.220. The number of aliphatic hydroxyl groups is 4. The molecule has 1 rings (SSSR count). The fraction of sp³-hybridized carbons (Fsp3) is 0.833. The van der Waals surface area contributed by atoms with E-state index in [1.54, 1.807) is 0 Å². The predicted octanol–water partition coefficient (Wildman–Crippen LogP) is -3.95. The Kier molecular flexibility index (Phi) is 3.95. The molecule has 1 fully saturated rings. The molecule has 1 aliphatic heterocycles. The van der Waals surface area contributed by atoms with Crippen molar-refractivity contribution in [3.05, 3.63) is 0 Å². The molecule has 9 nitrogen and oxygen atoms in total. The second kappa shape index (κ2) is 4.57. The zero-order chi connectivity index (χ0) is 12.7. The van der Waals surface area contributed by atoms with Gasteiger partial charge in [0.1, 0.15) is 18.3 Å². The topological polar surface area (TPSA) is 168 Å². The van der Waals surface area contributed by atoms with Gasteiger partial charge in [-0.05, 0) is 0 Å². The van der Waals surface area contributed by atoms with Crippen LogP contribution in [-0.4, -0.2) is 71.3 Å². The van der Waals surface area contributed by atoms with E-state index in [1.165, 1.54) is 0 Å². The molecule has 1 saturated heterocycles. The molecule has 0 aromatic heterocycles. The van der Waals surface area contributed by atoms with Gasteiger partial charge in [-0.15, -0.1) is 0 Å². The minimum atomic E-state index is -4.91. The molecule has 10 heteroatoms. The molecule has 0 saturated carbocycles. The van der Waals surface area contributed by atoms with Crippen molar-refractivity contribution in [1.82, 2.24) is 0 Å². The maximum Gasteiger partial charge on any atom is 0.481 e. The third-order valence-electron chi connectivity index (χ3n) is 2.13. The van der Waals surface area contributed by atoms with Gasteiger partial charge in [0.05, 0.1) is 0 Å². The molecular formula is C6H12O9P+. The van der Waals surface area contributed by atoms with E-state index in [1.807, 2.05) is 0 Å². The highest BCUT2D eigenvalue weighted by molar-refractivity contribution is 7.76. The van der Waals surface area contributed by atoms with Crippen LogP contribution in [-0.2, 0) is 9.53 Å². The minimum Gasteiger partial charge on any atom is -0.387 e. The molecule has 0 aliphatic carbocycles. The molecule has 1 heterocycles. The largest absolute Gasteiger partial charge is 0.481 e. The van der Waals surface area contributed by atoms with Gasteiger partial charge >= 0.3 is 13.5 Å². The third kappa shape index (κ3) is 2.54. The van der Waals surface area contributed by atoms with E-state index in [2.05, 4.69) is 4.74 Å². The molecule has 0 spiro atoms. The van der Waals surface area contributed by atoms with E-state index < -0.39 is 44.2 Å². The van der Waals surface area contributed by atoms with E-state index in [-0.39, 0.29) is 0 Å². The van der Waals surface area contributed by atoms with Gasteiger partial charge in [0.2, 0.25) is 0 Å². The molecule has 5 atom stereocenters. The van der Waals surface area contributed by atoms with E-state index in [9.17, 15) is 15.0 Å². The Labute approximate surface area is 89.7 Å². The number of hydrogen-bond donors (Lipinski definition) is 7. The molecule has 0 aromatic carbocycles. The first-order valence-electron chi connectivity index (χ1n) is 4.15. The van der Waals surface area contributed by atoms with Crippen LogP contribution in [0.2, 0.25) is 0 Å². The normalized spacial score (nSPS) is 40.8. The summed E-state index contributed by atoms with van der Waals surface area (Å²) in [6.07, 6.45) is -9.76. The van der Waals surface area contributed by atoms with E-state index in [0.717, 1.165) is 0 Å². The Morgan fingerprint density at radius 1 is 0.938 bits per heavy atom. The van der Waals surface area contributed by atoms with Crippen molar-refractivity contribution < 1.29 is 44.6 Å². The summed E-state index contributed by atoms with van der Waals surface area (Å²) < 4.78 is 4.36. The summed E-state index contributed by atoms with van der Waals surface area (Å²) in [5.74, 6) is 0. The van der Waals surface area contributed by atoms with Gasteiger partial charge in [0.25, 0.3) is 0 Å². The van der Waals surface area contributed by atoms with Crippen LogP contribution >= 0.6 is 7.94 Å². The second-order valence-corrected chi connectivity index (χ2v) is 4.90. The molecule has 16 heavy (non-hydrogen) atoms. The van der Waals surface area contributed by atoms with Crippen molar-refractivity contribution in [3.8, 4) is 0 Å². The van der Waals surface area contributed by atoms with Gasteiger partial charge < -0.3 is 25.2 Å². The maximum atomic E-state index is 11.1. The minimum absolute atomic E-state index is 1.66. The predicted molar refractivity (Wildman–Crippen MR) is 47.5 cm³/mol. The van der Waals surface area contributed by atoms with Crippen molar-refractivity contribution in [3.63, 3.8) is 0 Å². The standard InChI is InChI=1S/C6H12O9P/c7-1-2(8)4(6(11)16(12,13)14)15-5(10)3(1)9/h1-5,7-10,12-14H/q+1. The summed E-state index contributed by atoms with van der Waals surface area (Å²) in [6, 6.07) is 0. The quantitative estimate of drug-likeness (QED) is 0.245. The van der Waals surface area contributed by atoms with Gasteiger partial charge in [0, 0.05) is 0 Å². The van der Waals surface area contributed by atoms with Crippen LogP contribution in [0.15, 0.2) is 0 Å². The molecule has 0 aromatic rings. The summed E-state index contributed by atoms with van der Waals surface area (Å²) in [6.45, 7) is 0. The Morgan fingerprint density at radius 3 is 1.88 bits per heavy atom. The third-order valence-corrected chi connectivity index (χ3v) is 2.97. The molecule has 94 valence electrons. The Bertz CT molecular complexity index is 276. The van der Waals surface area contributed by atoms with Crippen LogP contribution in [0.4, 0.5) is 0 Å². The number of aliphatic hydroxyl groups excluding tert-OH is 4. The fourth-order valence-corrected chi connectivity index (χ4v) is 1.79. The molecule has 1 aliphatic rings. The van der Waals surface area contributed by atoms with E-state index in [0.29, 0.717) is 0 Å². The number of carbonyl (C=O) groups is 1. The van der Waals surface area contributed by atoms with Crippen molar-refractivity contribution >= 4 is 13.5 Å². The van der Waals surface area contributed by atoms with Gasteiger partial charge in [-0.2, -0.15) is 14.7 Å². The van der Waals surface area contributed by atoms with Gasteiger partial charge in [0.15, 0.2) is 12.4 Å². The van der Waals surface area contributed by atoms with E-state index >= 15 is 0 Å². The average molecular weight is 259 g/mol. The van der Waals surface area contributed by atoms with Crippen molar-refractivity contribution in [2.45, 2.75) is 30.7 Å². The lowest BCUT2D eigenvalue weighted by molar-refractivity contribution is -0.273. The molecule has 0 amide bonds.